The molecule has 1 atom stereocenters. The molecule has 0 aliphatic carbocycles. The van der Waals surface area contributed by atoms with Crippen molar-refractivity contribution in [1.82, 2.24) is 15.1 Å². The third-order valence-electron chi connectivity index (χ3n) is 6.19. The zero-order valence-corrected chi connectivity index (χ0v) is 16.5. The number of carbonyl (C=O) groups excluding carboxylic acids is 2. The van der Waals surface area contributed by atoms with E-state index in [0.717, 1.165) is 32.6 Å². The Bertz CT molecular complexity index is 737. The summed E-state index contributed by atoms with van der Waals surface area (Å²) in [5.41, 5.74) is 0.197. The van der Waals surface area contributed by atoms with Gasteiger partial charge in [-0.05, 0) is 32.8 Å². The number of nitrogens with one attached hydrogen (secondary N) is 1. The van der Waals surface area contributed by atoms with Crippen LogP contribution in [0.1, 0.15) is 32.8 Å². The van der Waals surface area contributed by atoms with E-state index in [1.54, 1.807) is 4.90 Å². The number of rotatable bonds is 2. The number of nitrogens with zero attached hydrogens (tertiary/aromatic N) is 2. The molecule has 1 aromatic rings. The van der Waals surface area contributed by atoms with Gasteiger partial charge in [0.15, 0.2) is 0 Å². The highest BCUT2D eigenvalue weighted by molar-refractivity contribution is 5.87. The van der Waals surface area contributed by atoms with E-state index >= 15 is 0 Å². The molecule has 6 nitrogen and oxygen atoms in total. The molecular formula is C21H29N3O3. The lowest BCUT2D eigenvalue weighted by Gasteiger charge is -2.54. The Hall–Kier alpha value is -2.08. The first-order chi connectivity index (χ1) is 12.7. The molecule has 3 fully saturated rings. The highest BCUT2D eigenvalue weighted by atomic mass is 16.6. The van der Waals surface area contributed by atoms with E-state index in [1.165, 1.54) is 5.56 Å². The van der Waals surface area contributed by atoms with Crippen LogP contribution >= 0.6 is 0 Å². The standard InChI is InChI=1S/C21H29N3O3/c1-19(2,3)27-18(26)24-13-20(14-24)12-23(11-16-7-5-4-6-8-16)15-21(20)9-10-22-17(21)25/h4-8H,9-15H2,1-3H3,(H,22,25)/t21-/m0/s1. The molecule has 1 N–H and O–H groups in total. The van der Waals surface area contributed by atoms with Crippen LogP contribution in [0.4, 0.5) is 4.79 Å². The number of likely N-dealkylation sites (tertiary alicyclic amines) is 2. The zero-order valence-electron chi connectivity index (χ0n) is 16.5. The number of carbonyl (C=O) groups is 2. The minimum absolute atomic E-state index is 0.155. The van der Waals surface area contributed by atoms with Crippen LogP contribution in [0.3, 0.4) is 0 Å². The predicted molar refractivity (Wildman–Crippen MR) is 102 cm³/mol. The average Bonchev–Trinajstić information content (AvgIpc) is 3.07. The molecule has 6 heteroatoms. The van der Waals surface area contributed by atoms with Gasteiger partial charge in [-0.1, -0.05) is 30.3 Å². The van der Waals surface area contributed by atoms with Crippen molar-refractivity contribution in [2.45, 2.75) is 39.3 Å². The molecule has 0 saturated carbocycles. The van der Waals surface area contributed by atoms with Gasteiger partial charge in [-0.3, -0.25) is 9.69 Å². The topological polar surface area (TPSA) is 61.9 Å². The summed E-state index contributed by atoms with van der Waals surface area (Å²) in [5, 5.41) is 3.04. The molecule has 0 unspecified atom stereocenters. The first kappa shape index (κ1) is 18.3. The van der Waals surface area contributed by atoms with Gasteiger partial charge in [-0.15, -0.1) is 0 Å². The Morgan fingerprint density at radius 3 is 2.44 bits per heavy atom. The van der Waals surface area contributed by atoms with Crippen molar-refractivity contribution in [3.8, 4) is 0 Å². The smallest absolute Gasteiger partial charge is 0.410 e. The molecule has 2 spiro atoms. The number of fused-ring (bicyclic) bond motifs is 1. The normalized spacial score (nSPS) is 27.1. The Morgan fingerprint density at radius 1 is 1.15 bits per heavy atom. The van der Waals surface area contributed by atoms with E-state index < -0.39 is 5.60 Å². The monoisotopic (exact) mass is 371 g/mol. The van der Waals surface area contributed by atoms with E-state index in [1.807, 2.05) is 39.0 Å². The van der Waals surface area contributed by atoms with Gasteiger partial charge in [0.25, 0.3) is 0 Å². The second-order valence-electron chi connectivity index (χ2n) is 9.34. The predicted octanol–water partition coefficient (Wildman–Crippen LogP) is 2.25. The number of amides is 2. The number of hydrogen-bond acceptors (Lipinski definition) is 4. The molecule has 3 aliphatic heterocycles. The maximum atomic E-state index is 12.8. The summed E-state index contributed by atoms with van der Waals surface area (Å²) < 4.78 is 5.52. The largest absolute Gasteiger partial charge is 0.444 e. The van der Waals surface area contributed by atoms with Crippen LogP contribution in [0, 0.1) is 10.8 Å². The molecule has 146 valence electrons. The van der Waals surface area contributed by atoms with E-state index in [4.69, 9.17) is 4.74 Å². The fraction of sp³-hybridized carbons (Fsp3) is 0.619. The van der Waals surface area contributed by atoms with Crippen molar-refractivity contribution in [1.29, 1.82) is 0 Å². The van der Waals surface area contributed by atoms with Crippen molar-refractivity contribution >= 4 is 12.0 Å². The molecule has 2 amide bonds. The SMILES string of the molecule is CC(C)(C)OC(=O)N1CC2(CN(Cc3ccccc3)C[C@]23CCNC3=O)C1. The van der Waals surface area contributed by atoms with Gasteiger partial charge >= 0.3 is 6.09 Å². The lowest BCUT2D eigenvalue weighted by molar-refractivity contribution is -0.140. The second-order valence-corrected chi connectivity index (χ2v) is 9.34. The molecule has 3 saturated heterocycles. The van der Waals surface area contributed by atoms with Crippen LogP contribution in [-0.4, -0.2) is 60.1 Å². The van der Waals surface area contributed by atoms with Gasteiger partial charge in [-0.25, -0.2) is 4.79 Å². The maximum absolute atomic E-state index is 12.8. The molecular weight excluding hydrogens is 342 g/mol. The number of benzene rings is 1. The third-order valence-corrected chi connectivity index (χ3v) is 6.19. The Morgan fingerprint density at radius 2 is 1.85 bits per heavy atom. The molecule has 4 rings (SSSR count). The van der Waals surface area contributed by atoms with Crippen molar-refractivity contribution in [2.75, 3.05) is 32.7 Å². The van der Waals surface area contributed by atoms with Crippen LogP contribution in [0.25, 0.3) is 0 Å². The fourth-order valence-corrected chi connectivity index (χ4v) is 5.01. The highest BCUT2D eigenvalue weighted by Gasteiger charge is 2.68. The fourth-order valence-electron chi connectivity index (χ4n) is 5.01. The third kappa shape index (κ3) is 3.10. The summed E-state index contributed by atoms with van der Waals surface area (Å²) in [7, 11) is 0. The summed E-state index contributed by atoms with van der Waals surface area (Å²) in [4.78, 5) is 29.4. The summed E-state index contributed by atoms with van der Waals surface area (Å²) in [6.07, 6.45) is 0.572. The number of hydrogen-bond donors (Lipinski definition) is 1. The minimum Gasteiger partial charge on any atom is -0.444 e. The second kappa shape index (κ2) is 6.23. The van der Waals surface area contributed by atoms with E-state index in [2.05, 4.69) is 22.3 Å². The lowest BCUT2D eigenvalue weighted by Crippen LogP contribution is -2.67. The molecule has 1 aromatic carbocycles. The highest BCUT2D eigenvalue weighted by Crippen LogP contribution is 2.56. The van der Waals surface area contributed by atoms with Crippen LogP contribution < -0.4 is 5.32 Å². The van der Waals surface area contributed by atoms with Gasteiger partial charge < -0.3 is 15.0 Å². The quantitative estimate of drug-likeness (QED) is 0.866. The minimum atomic E-state index is -0.503. The molecule has 3 aliphatic rings. The first-order valence-corrected chi connectivity index (χ1v) is 9.76. The van der Waals surface area contributed by atoms with Crippen molar-refractivity contribution in [3.05, 3.63) is 35.9 Å². The Balaban J connectivity index is 1.51. The van der Waals surface area contributed by atoms with Gasteiger partial charge in [0, 0.05) is 44.7 Å². The van der Waals surface area contributed by atoms with Crippen LogP contribution in [0.15, 0.2) is 30.3 Å². The molecule has 3 heterocycles. The van der Waals surface area contributed by atoms with E-state index in [9.17, 15) is 9.59 Å². The van der Waals surface area contributed by atoms with Crippen LogP contribution in [0.2, 0.25) is 0 Å². The van der Waals surface area contributed by atoms with Crippen molar-refractivity contribution in [3.63, 3.8) is 0 Å². The Kier molecular flexibility index (Phi) is 4.22. The van der Waals surface area contributed by atoms with Crippen LogP contribution in [0.5, 0.6) is 0 Å². The Labute approximate surface area is 160 Å². The van der Waals surface area contributed by atoms with Crippen LogP contribution in [-0.2, 0) is 16.1 Å². The number of ether oxygens (including phenoxy) is 1. The lowest BCUT2D eigenvalue weighted by atomic mass is 9.60. The molecule has 27 heavy (non-hydrogen) atoms. The summed E-state index contributed by atoms with van der Waals surface area (Å²) in [6.45, 7) is 10.00. The zero-order chi connectivity index (χ0) is 19.3. The molecule has 0 aromatic heterocycles. The van der Waals surface area contributed by atoms with E-state index in [-0.39, 0.29) is 22.8 Å². The summed E-state index contributed by atoms with van der Waals surface area (Å²) in [6, 6.07) is 10.4. The van der Waals surface area contributed by atoms with Crippen molar-refractivity contribution in [2.24, 2.45) is 10.8 Å². The first-order valence-electron chi connectivity index (χ1n) is 9.76. The maximum Gasteiger partial charge on any atom is 0.410 e. The molecule has 0 bridgehead atoms. The van der Waals surface area contributed by atoms with E-state index in [0.29, 0.717) is 13.1 Å². The summed E-state index contributed by atoms with van der Waals surface area (Å²) >= 11 is 0. The van der Waals surface area contributed by atoms with Gasteiger partial charge in [0.05, 0.1) is 5.41 Å². The van der Waals surface area contributed by atoms with Gasteiger partial charge in [0.2, 0.25) is 5.91 Å². The van der Waals surface area contributed by atoms with Gasteiger partial charge in [-0.2, -0.15) is 0 Å². The molecule has 0 radical (unpaired) electrons. The van der Waals surface area contributed by atoms with Crippen molar-refractivity contribution < 1.29 is 14.3 Å². The summed E-state index contributed by atoms with van der Waals surface area (Å²) in [5.74, 6) is 0.155. The van der Waals surface area contributed by atoms with Gasteiger partial charge in [0.1, 0.15) is 5.60 Å². The average molecular weight is 371 g/mol.